The predicted octanol–water partition coefficient (Wildman–Crippen LogP) is 2.35. The smallest absolute Gasteiger partial charge is 0.123 e. The average molecular weight is 367 g/mol. The van der Waals surface area contributed by atoms with Gasteiger partial charge in [-0.2, -0.15) is 0 Å². The fourth-order valence-corrected chi connectivity index (χ4v) is 2.48. The highest BCUT2D eigenvalue weighted by Crippen LogP contribution is 2.16. The Hall–Kier alpha value is -0.850. The molecule has 1 unspecified atom stereocenters. The fourth-order valence-electron chi connectivity index (χ4n) is 2.48. The van der Waals surface area contributed by atoms with Crippen molar-refractivity contribution in [2.75, 3.05) is 50.8 Å². The lowest BCUT2D eigenvalue weighted by atomic mass is 10.2. The Labute approximate surface area is 149 Å². The van der Waals surface area contributed by atoms with Gasteiger partial charge in [-0.1, -0.05) is 6.08 Å². The van der Waals surface area contributed by atoms with Crippen molar-refractivity contribution in [1.29, 1.82) is 0 Å². The van der Waals surface area contributed by atoms with Gasteiger partial charge in [-0.05, 0) is 24.3 Å². The number of ether oxygens (including phenoxy) is 1. The van der Waals surface area contributed by atoms with Crippen LogP contribution in [0.25, 0.3) is 0 Å². The van der Waals surface area contributed by atoms with E-state index in [4.69, 9.17) is 4.74 Å². The van der Waals surface area contributed by atoms with Gasteiger partial charge >= 0.3 is 0 Å². The second kappa shape index (κ2) is 11.6. The largest absolute Gasteiger partial charge is 0.389 e. The van der Waals surface area contributed by atoms with Crippen LogP contribution in [0, 0.1) is 5.82 Å². The number of benzene rings is 1. The molecule has 1 heterocycles. The Morgan fingerprint density at radius 3 is 2.35 bits per heavy atom. The first-order valence-corrected chi connectivity index (χ1v) is 7.28. The Bertz CT molecular complexity index is 440. The molecule has 0 aliphatic carbocycles. The molecule has 1 fully saturated rings. The van der Waals surface area contributed by atoms with Gasteiger partial charge in [0.05, 0.1) is 19.3 Å². The second-order valence-electron chi connectivity index (χ2n) is 5.24. The molecule has 23 heavy (non-hydrogen) atoms. The molecule has 1 aliphatic heterocycles. The zero-order valence-corrected chi connectivity index (χ0v) is 14.7. The number of piperazine rings is 1. The summed E-state index contributed by atoms with van der Waals surface area (Å²) in [5, 5.41) is 9.89. The van der Waals surface area contributed by atoms with Crippen LogP contribution in [0.5, 0.6) is 0 Å². The average Bonchev–Trinajstić information content (AvgIpc) is 2.49. The molecular formula is C16H25Cl2FN2O2. The normalized spacial score (nSPS) is 16.2. The molecule has 0 bridgehead atoms. The summed E-state index contributed by atoms with van der Waals surface area (Å²) >= 11 is 0. The van der Waals surface area contributed by atoms with Crippen LogP contribution in [0.15, 0.2) is 36.9 Å². The number of anilines is 1. The van der Waals surface area contributed by atoms with E-state index in [0.29, 0.717) is 19.8 Å². The molecular weight excluding hydrogens is 342 g/mol. The van der Waals surface area contributed by atoms with Crippen molar-refractivity contribution >= 4 is 30.5 Å². The molecule has 0 aromatic heterocycles. The molecule has 132 valence electrons. The minimum Gasteiger partial charge on any atom is -0.389 e. The van der Waals surface area contributed by atoms with Crippen LogP contribution < -0.4 is 4.90 Å². The molecule has 1 saturated heterocycles. The van der Waals surface area contributed by atoms with Gasteiger partial charge in [-0.25, -0.2) is 4.39 Å². The molecule has 1 aromatic carbocycles. The van der Waals surface area contributed by atoms with E-state index in [-0.39, 0.29) is 30.6 Å². The van der Waals surface area contributed by atoms with Gasteiger partial charge in [0.15, 0.2) is 0 Å². The zero-order chi connectivity index (χ0) is 15.1. The number of halogens is 3. The number of nitrogens with zero attached hydrogens (tertiary/aromatic N) is 2. The van der Waals surface area contributed by atoms with Crippen molar-refractivity contribution in [2.24, 2.45) is 0 Å². The minimum atomic E-state index is -0.470. The molecule has 1 aromatic rings. The molecule has 1 N–H and O–H groups in total. The van der Waals surface area contributed by atoms with E-state index in [1.165, 1.54) is 12.1 Å². The first-order chi connectivity index (χ1) is 10.2. The third-order valence-corrected chi connectivity index (χ3v) is 3.58. The molecule has 7 heteroatoms. The van der Waals surface area contributed by atoms with E-state index in [1.807, 2.05) is 12.1 Å². The van der Waals surface area contributed by atoms with Gasteiger partial charge in [0.2, 0.25) is 0 Å². The summed E-state index contributed by atoms with van der Waals surface area (Å²) in [6.45, 7) is 8.53. The zero-order valence-electron chi connectivity index (χ0n) is 13.1. The highest BCUT2D eigenvalue weighted by Gasteiger charge is 2.19. The van der Waals surface area contributed by atoms with Crippen LogP contribution in [-0.2, 0) is 4.74 Å². The SMILES string of the molecule is C=CCOCC(O)CN1CCN(c2ccc(F)cc2)CC1.Cl.Cl. The molecule has 0 saturated carbocycles. The van der Waals surface area contributed by atoms with Gasteiger partial charge in [0.25, 0.3) is 0 Å². The highest BCUT2D eigenvalue weighted by atomic mass is 35.5. The summed E-state index contributed by atoms with van der Waals surface area (Å²) in [4.78, 5) is 4.46. The van der Waals surface area contributed by atoms with Crippen molar-refractivity contribution in [1.82, 2.24) is 4.90 Å². The first-order valence-electron chi connectivity index (χ1n) is 7.28. The van der Waals surface area contributed by atoms with Crippen LogP contribution >= 0.6 is 24.8 Å². The molecule has 1 aliphatic rings. The van der Waals surface area contributed by atoms with Crippen LogP contribution in [0.2, 0.25) is 0 Å². The number of β-amino-alcohol motifs (C(OH)–C–C–N with tert-alkyl or cyclic N) is 1. The lowest BCUT2D eigenvalue weighted by Gasteiger charge is -2.36. The van der Waals surface area contributed by atoms with Gasteiger partial charge in [-0.15, -0.1) is 31.4 Å². The van der Waals surface area contributed by atoms with Gasteiger partial charge in [0.1, 0.15) is 5.82 Å². The standard InChI is InChI=1S/C16H23FN2O2.2ClH/c1-2-11-21-13-16(20)12-18-7-9-19(10-8-18)15-5-3-14(17)4-6-15;;/h2-6,16,20H,1,7-13H2;2*1H. The summed E-state index contributed by atoms with van der Waals surface area (Å²) in [6, 6.07) is 6.59. The predicted molar refractivity (Wildman–Crippen MR) is 96.6 cm³/mol. The molecule has 2 rings (SSSR count). The van der Waals surface area contributed by atoms with Crippen molar-refractivity contribution in [2.45, 2.75) is 6.10 Å². The molecule has 1 atom stereocenters. The lowest BCUT2D eigenvalue weighted by Crippen LogP contribution is -2.49. The summed E-state index contributed by atoms with van der Waals surface area (Å²) < 4.78 is 18.2. The highest BCUT2D eigenvalue weighted by molar-refractivity contribution is 5.85. The fraction of sp³-hybridized carbons (Fsp3) is 0.500. The third kappa shape index (κ3) is 7.50. The Kier molecular flexibility index (Phi) is 11.2. The van der Waals surface area contributed by atoms with E-state index in [2.05, 4.69) is 16.4 Å². The van der Waals surface area contributed by atoms with Gasteiger partial charge < -0.3 is 14.7 Å². The van der Waals surface area contributed by atoms with Crippen LogP contribution in [0.4, 0.5) is 10.1 Å². The summed E-state index contributed by atoms with van der Waals surface area (Å²) in [5.74, 6) is -0.208. The topological polar surface area (TPSA) is 35.9 Å². The molecule has 0 radical (unpaired) electrons. The van der Waals surface area contributed by atoms with Crippen molar-refractivity contribution < 1.29 is 14.2 Å². The lowest BCUT2D eigenvalue weighted by molar-refractivity contribution is 0.0252. The van der Waals surface area contributed by atoms with Crippen LogP contribution in [0.1, 0.15) is 0 Å². The summed E-state index contributed by atoms with van der Waals surface area (Å²) in [6.07, 6.45) is 1.20. The quantitative estimate of drug-likeness (QED) is 0.593. The van der Waals surface area contributed by atoms with Crippen LogP contribution in [-0.4, -0.2) is 62.0 Å². The van der Waals surface area contributed by atoms with Crippen molar-refractivity contribution in [3.63, 3.8) is 0 Å². The molecule has 0 spiro atoms. The molecule has 0 amide bonds. The number of rotatable bonds is 7. The van der Waals surface area contributed by atoms with Crippen molar-refractivity contribution in [3.05, 3.63) is 42.7 Å². The first kappa shape index (κ1) is 22.1. The van der Waals surface area contributed by atoms with Gasteiger partial charge in [0, 0.05) is 38.4 Å². The Balaban J connectivity index is 0.00000242. The summed E-state index contributed by atoms with van der Waals surface area (Å²) in [5.41, 5.74) is 1.05. The number of hydrogen-bond acceptors (Lipinski definition) is 4. The maximum Gasteiger partial charge on any atom is 0.123 e. The Morgan fingerprint density at radius 2 is 1.78 bits per heavy atom. The second-order valence-corrected chi connectivity index (χ2v) is 5.24. The molecule has 4 nitrogen and oxygen atoms in total. The number of aliphatic hydroxyl groups excluding tert-OH is 1. The maximum atomic E-state index is 12.9. The van der Waals surface area contributed by atoms with E-state index in [9.17, 15) is 9.50 Å². The summed E-state index contributed by atoms with van der Waals surface area (Å²) in [7, 11) is 0. The maximum absolute atomic E-state index is 12.9. The van der Waals surface area contributed by atoms with Gasteiger partial charge in [-0.3, -0.25) is 4.90 Å². The number of aliphatic hydroxyl groups is 1. The van der Waals surface area contributed by atoms with E-state index >= 15 is 0 Å². The number of hydrogen-bond donors (Lipinski definition) is 1. The van der Waals surface area contributed by atoms with Crippen molar-refractivity contribution in [3.8, 4) is 0 Å². The Morgan fingerprint density at radius 1 is 1.17 bits per heavy atom. The monoisotopic (exact) mass is 366 g/mol. The minimum absolute atomic E-state index is 0. The van der Waals surface area contributed by atoms with E-state index in [0.717, 1.165) is 31.9 Å². The van der Waals surface area contributed by atoms with E-state index in [1.54, 1.807) is 6.08 Å². The van der Waals surface area contributed by atoms with Crippen LogP contribution in [0.3, 0.4) is 0 Å². The third-order valence-electron chi connectivity index (χ3n) is 3.58. The van der Waals surface area contributed by atoms with E-state index < -0.39 is 6.10 Å².